The Morgan fingerprint density at radius 3 is 2.52 bits per heavy atom. The van der Waals surface area contributed by atoms with Crippen LogP contribution in [-0.4, -0.2) is 45.1 Å². The molecule has 0 aliphatic heterocycles. The summed E-state index contributed by atoms with van der Waals surface area (Å²) in [7, 11) is 0. The van der Waals surface area contributed by atoms with Crippen molar-refractivity contribution in [3.05, 3.63) is 60.0 Å². The first-order valence-electron chi connectivity index (χ1n) is 11.5. The highest BCUT2D eigenvalue weighted by Crippen LogP contribution is 2.31. The number of aromatic nitrogens is 3. The Morgan fingerprint density at radius 1 is 1.12 bits per heavy atom. The molecule has 0 aliphatic carbocycles. The van der Waals surface area contributed by atoms with Gasteiger partial charge in [0.05, 0.1) is 25.0 Å². The van der Waals surface area contributed by atoms with Crippen LogP contribution in [0.15, 0.2) is 53.1 Å². The van der Waals surface area contributed by atoms with Crippen LogP contribution in [0.2, 0.25) is 0 Å². The van der Waals surface area contributed by atoms with E-state index in [1.165, 1.54) is 0 Å². The summed E-state index contributed by atoms with van der Waals surface area (Å²) in [4.78, 5) is 19.7. The first kappa shape index (κ1) is 22.6. The predicted molar refractivity (Wildman–Crippen MR) is 128 cm³/mol. The van der Waals surface area contributed by atoms with Crippen molar-refractivity contribution in [3.63, 3.8) is 0 Å². The van der Waals surface area contributed by atoms with E-state index in [1.807, 2.05) is 68.1 Å². The van der Waals surface area contributed by atoms with Crippen molar-refractivity contribution >= 4 is 11.6 Å². The van der Waals surface area contributed by atoms with Gasteiger partial charge in [-0.25, -0.2) is 9.50 Å². The van der Waals surface area contributed by atoms with Crippen molar-refractivity contribution in [2.75, 3.05) is 19.7 Å². The number of aryl methyl sites for hydroxylation is 1. The van der Waals surface area contributed by atoms with Gasteiger partial charge in [0.2, 0.25) is 5.91 Å². The van der Waals surface area contributed by atoms with Gasteiger partial charge >= 0.3 is 0 Å². The van der Waals surface area contributed by atoms with Crippen molar-refractivity contribution in [3.8, 4) is 28.5 Å². The number of hydrogen-bond donors (Lipinski definition) is 0. The normalized spacial score (nSPS) is 11.2. The average molecular weight is 447 g/mol. The fraction of sp³-hybridized carbons (Fsp3) is 0.346. The highest BCUT2D eigenvalue weighted by molar-refractivity contribution is 5.85. The summed E-state index contributed by atoms with van der Waals surface area (Å²) >= 11 is 0. The second-order valence-corrected chi connectivity index (χ2v) is 7.94. The van der Waals surface area contributed by atoms with Crippen LogP contribution in [0.25, 0.3) is 28.4 Å². The highest BCUT2D eigenvalue weighted by Gasteiger charge is 2.23. The minimum absolute atomic E-state index is 0.0573. The van der Waals surface area contributed by atoms with Gasteiger partial charge in [-0.3, -0.25) is 4.79 Å². The Hall–Kier alpha value is -3.61. The molecular weight excluding hydrogens is 416 g/mol. The molecule has 1 amide bonds. The van der Waals surface area contributed by atoms with E-state index >= 15 is 0 Å². The molecule has 3 aromatic heterocycles. The Balaban J connectivity index is 1.87. The van der Waals surface area contributed by atoms with E-state index in [9.17, 15) is 4.79 Å². The molecule has 0 unspecified atom stereocenters. The quantitative estimate of drug-likeness (QED) is 0.355. The molecule has 1 aromatic carbocycles. The van der Waals surface area contributed by atoms with Crippen LogP contribution in [0.4, 0.5) is 0 Å². The molecule has 0 saturated carbocycles. The van der Waals surface area contributed by atoms with Crippen molar-refractivity contribution in [2.45, 2.75) is 40.5 Å². The van der Waals surface area contributed by atoms with E-state index in [1.54, 1.807) is 10.8 Å². The molecule has 0 bridgehead atoms. The lowest BCUT2D eigenvalue weighted by Crippen LogP contribution is -2.31. The van der Waals surface area contributed by atoms with Gasteiger partial charge in [0.15, 0.2) is 11.4 Å². The fourth-order valence-electron chi connectivity index (χ4n) is 3.95. The third kappa shape index (κ3) is 4.62. The van der Waals surface area contributed by atoms with Gasteiger partial charge in [-0.05, 0) is 69.7 Å². The maximum atomic E-state index is 13.1. The largest absolute Gasteiger partial charge is 0.494 e. The molecule has 4 rings (SSSR count). The Bertz CT molecular complexity index is 1220. The summed E-state index contributed by atoms with van der Waals surface area (Å²) in [6.07, 6.45) is 2.82. The summed E-state index contributed by atoms with van der Waals surface area (Å²) in [5, 5.41) is 4.92. The lowest BCUT2D eigenvalue weighted by molar-refractivity contribution is -0.130. The third-order valence-corrected chi connectivity index (χ3v) is 5.63. The van der Waals surface area contributed by atoms with Gasteiger partial charge < -0.3 is 14.1 Å². The van der Waals surface area contributed by atoms with Gasteiger partial charge in [-0.2, -0.15) is 5.10 Å². The lowest BCUT2D eigenvalue weighted by atomic mass is 10.0. The molecule has 172 valence electrons. The molecule has 0 saturated heterocycles. The maximum Gasteiger partial charge on any atom is 0.227 e. The Morgan fingerprint density at radius 2 is 1.88 bits per heavy atom. The number of furan rings is 1. The molecule has 33 heavy (non-hydrogen) atoms. The molecule has 0 N–H and O–H groups in total. The van der Waals surface area contributed by atoms with Crippen LogP contribution in [-0.2, 0) is 11.2 Å². The minimum Gasteiger partial charge on any atom is -0.494 e. The van der Waals surface area contributed by atoms with Crippen LogP contribution >= 0.6 is 0 Å². The van der Waals surface area contributed by atoms with Gasteiger partial charge in [0.25, 0.3) is 0 Å². The topological polar surface area (TPSA) is 72.9 Å². The number of nitrogens with zero attached hydrogens (tertiary/aromatic N) is 4. The van der Waals surface area contributed by atoms with Crippen LogP contribution in [0.1, 0.15) is 38.4 Å². The molecular formula is C26H30N4O3. The average Bonchev–Trinajstić information content (AvgIpc) is 3.47. The number of carbonyl (C=O) groups excluding carboxylic acids is 1. The molecule has 0 fully saturated rings. The Labute approximate surface area is 194 Å². The number of likely N-dealkylation sites (N-methyl/N-ethyl adjacent to an activating group) is 1. The number of hydrogen-bond acceptors (Lipinski definition) is 5. The minimum atomic E-state index is 0.0573. The van der Waals surface area contributed by atoms with Crippen LogP contribution < -0.4 is 4.74 Å². The van der Waals surface area contributed by atoms with Gasteiger partial charge in [-0.15, -0.1) is 0 Å². The van der Waals surface area contributed by atoms with Crippen LogP contribution in [0, 0.1) is 6.92 Å². The van der Waals surface area contributed by atoms with E-state index in [2.05, 4.69) is 6.92 Å². The molecule has 0 atom stereocenters. The SMILES string of the molecule is CCCOc1ccc(-c2nn3c(-c4ccco4)cc(C)nc3c2CC(=O)N(CC)CC)cc1. The molecule has 0 radical (unpaired) electrons. The van der Waals surface area contributed by atoms with Crippen molar-refractivity contribution in [1.82, 2.24) is 19.5 Å². The third-order valence-electron chi connectivity index (χ3n) is 5.63. The van der Waals surface area contributed by atoms with Crippen molar-refractivity contribution < 1.29 is 13.9 Å². The number of carbonyl (C=O) groups is 1. The van der Waals surface area contributed by atoms with Gasteiger partial charge in [0, 0.05) is 29.9 Å². The zero-order valence-corrected chi connectivity index (χ0v) is 19.7. The second kappa shape index (κ2) is 9.90. The number of ether oxygens (including phenoxy) is 1. The summed E-state index contributed by atoms with van der Waals surface area (Å²) in [6, 6.07) is 13.5. The summed E-state index contributed by atoms with van der Waals surface area (Å²) in [5.41, 5.74) is 4.76. The van der Waals surface area contributed by atoms with E-state index in [-0.39, 0.29) is 12.3 Å². The van der Waals surface area contributed by atoms with Gasteiger partial charge in [0.1, 0.15) is 11.4 Å². The van der Waals surface area contributed by atoms with E-state index in [0.717, 1.165) is 40.4 Å². The molecule has 0 aliphatic rings. The molecule has 4 aromatic rings. The van der Waals surface area contributed by atoms with E-state index in [0.29, 0.717) is 31.1 Å². The summed E-state index contributed by atoms with van der Waals surface area (Å²) < 4.78 is 13.2. The maximum absolute atomic E-state index is 13.1. The fourth-order valence-corrected chi connectivity index (χ4v) is 3.95. The molecule has 7 nitrogen and oxygen atoms in total. The van der Waals surface area contributed by atoms with Crippen molar-refractivity contribution in [2.24, 2.45) is 0 Å². The monoisotopic (exact) mass is 446 g/mol. The summed E-state index contributed by atoms with van der Waals surface area (Å²) in [5.74, 6) is 1.57. The number of fused-ring (bicyclic) bond motifs is 1. The van der Waals surface area contributed by atoms with Crippen LogP contribution in [0.3, 0.4) is 0 Å². The smallest absolute Gasteiger partial charge is 0.227 e. The first-order valence-corrected chi connectivity index (χ1v) is 11.5. The molecule has 0 spiro atoms. The molecule has 7 heteroatoms. The number of rotatable bonds is 9. The van der Waals surface area contributed by atoms with E-state index < -0.39 is 0 Å². The standard InChI is InChI=1S/C26H30N4O3/c1-5-14-32-20-12-10-19(11-13-20)25-21(17-24(31)29(6-2)7-3)26-27-18(4)16-22(30(26)28-25)23-9-8-15-33-23/h8-13,15-16H,5-7,14,17H2,1-4H3. The highest BCUT2D eigenvalue weighted by atomic mass is 16.5. The summed E-state index contributed by atoms with van der Waals surface area (Å²) in [6.45, 7) is 10.0. The predicted octanol–water partition coefficient (Wildman–Crippen LogP) is 5.16. The zero-order valence-electron chi connectivity index (χ0n) is 19.7. The first-order chi connectivity index (χ1) is 16.0. The van der Waals surface area contributed by atoms with Crippen LogP contribution in [0.5, 0.6) is 5.75 Å². The zero-order chi connectivity index (χ0) is 23.4. The molecule has 3 heterocycles. The van der Waals surface area contributed by atoms with Gasteiger partial charge in [-0.1, -0.05) is 6.92 Å². The van der Waals surface area contributed by atoms with E-state index in [4.69, 9.17) is 19.2 Å². The second-order valence-electron chi connectivity index (χ2n) is 7.94. The lowest BCUT2D eigenvalue weighted by Gasteiger charge is -2.18. The number of benzene rings is 1. The number of amides is 1. The Kier molecular flexibility index (Phi) is 6.77. The van der Waals surface area contributed by atoms with Crippen molar-refractivity contribution in [1.29, 1.82) is 0 Å².